The number of ether oxygens (including phenoxy) is 1. The largest absolute Gasteiger partial charge is 0.497 e. The number of carbonyl (C=O) groups is 3. The van der Waals surface area contributed by atoms with Gasteiger partial charge >= 0.3 is 0 Å². The van der Waals surface area contributed by atoms with E-state index < -0.39 is 23.5 Å². The first-order valence-corrected chi connectivity index (χ1v) is 16.2. The Balaban J connectivity index is 1.10. The highest BCUT2D eigenvalue weighted by molar-refractivity contribution is 7.15. The molecular formula is C34H32ClFN6O4S. The Morgan fingerprint density at radius 1 is 1.04 bits per heavy atom. The van der Waals surface area contributed by atoms with E-state index in [2.05, 4.69) is 34.7 Å². The summed E-state index contributed by atoms with van der Waals surface area (Å²) in [6.45, 7) is 6.04. The number of nitrogens with zero attached hydrogens (tertiary/aromatic N) is 4. The number of carbonyl (C=O) groups excluding carboxylic acids is 3. The smallest absolute Gasteiger partial charge is 0.244 e. The van der Waals surface area contributed by atoms with Gasteiger partial charge in [-0.2, -0.15) is 0 Å². The van der Waals surface area contributed by atoms with Gasteiger partial charge < -0.3 is 15.4 Å². The molecule has 0 unspecified atom stereocenters. The number of nitrogens with one attached hydrogen (secondary N) is 2. The predicted octanol–water partition coefficient (Wildman–Crippen LogP) is 5.54. The van der Waals surface area contributed by atoms with Crippen LogP contribution in [-0.2, 0) is 9.59 Å². The monoisotopic (exact) mass is 674 g/mol. The summed E-state index contributed by atoms with van der Waals surface area (Å²) in [5.74, 6) is -0.437. The quantitative estimate of drug-likeness (QED) is 0.177. The summed E-state index contributed by atoms with van der Waals surface area (Å²) in [5.41, 5.74) is 3.60. The molecule has 3 heterocycles. The second-order valence-corrected chi connectivity index (χ2v) is 13.2. The molecule has 6 rings (SSSR count). The van der Waals surface area contributed by atoms with Crippen molar-refractivity contribution in [3.63, 3.8) is 0 Å². The van der Waals surface area contributed by atoms with Crippen LogP contribution in [0.2, 0.25) is 5.02 Å². The predicted molar refractivity (Wildman–Crippen MR) is 177 cm³/mol. The number of aryl methyl sites for hydroxylation is 2. The highest BCUT2D eigenvalue weighted by Crippen LogP contribution is 2.39. The molecule has 2 N–H and O–H groups in total. The summed E-state index contributed by atoms with van der Waals surface area (Å²) < 4.78 is 21.1. The Bertz CT molecular complexity index is 1940. The molecule has 2 amide bonds. The molecule has 2 aromatic carbocycles. The zero-order valence-electron chi connectivity index (χ0n) is 26.1. The van der Waals surface area contributed by atoms with Gasteiger partial charge in [-0.05, 0) is 69.5 Å². The first kappa shape index (κ1) is 32.3. The van der Waals surface area contributed by atoms with E-state index in [0.29, 0.717) is 29.5 Å². The van der Waals surface area contributed by atoms with Gasteiger partial charge in [0.2, 0.25) is 11.8 Å². The van der Waals surface area contributed by atoms with Crippen LogP contribution in [0.3, 0.4) is 0 Å². The summed E-state index contributed by atoms with van der Waals surface area (Å²) in [4.78, 5) is 44.4. The second kappa shape index (κ2) is 13.2. The van der Waals surface area contributed by atoms with Crippen LogP contribution in [0.1, 0.15) is 68.9 Å². The van der Waals surface area contributed by atoms with E-state index in [9.17, 15) is 18.8 Å². The molecule has 13 heteroatoms. The SMILES string of the molecule is COc1ccc(C(=O)/C=C/C(=O)N[C@H]2C[C@H](NC(=O)C[C@@H]3N=C(c4ccc(Cl)cc4)c4c(sc(C)c4C)-n4c(C)nnc43)C2)c(F)c1. The second-order valence-electron chi connectivity index (χ2n) is 11.6. The minimum atomic E-state index is -0.732. The molecular weight excluding hydrogens is 643 g/mol. The molecule has 2 aromatic heterocycles. The lowest BCUT2D eigenvalue weighted by Crippen LogP contribution is -2.53. The summed E-state index contributed by atoms with van der Waals surface area (Å²) in [5, 5.41) is 16.3. The fraction of sp³-hybridized carbons (Fsp3) is 0.294. The normalized spacial score (nSPS) is 18.4. The highest BCUT2D eigenvalue weighted by atomic mass is 35.5. The summed E-state index contributed by atoms with van der Waals surface area (Å²) in [7, 11) is 1.40. The zero-order valence-corrected chi connectivity index (χ0v) is 27.7. The molecule has 1 aliphatic heterocycles. The first-order chi connectivity index (χ1) is 22.5. The standard InChI is InChI=1S/C34H32ClFN6O4S/c1-17-18(2)47-34-31(17)32(20-5-7-21(35)8-6-20)39-27(33-41-40-19(3)42(33)34)16-30(45)38-23-13-22(14-23)37-29(44)12-11-28(43)25-10-9-24(46-4)15-26(25)36/h5-12,15,22-23,27H,13-14,16H2,1-4H3,(H,37,44)(H,38,45)/b12-11+/t22-,23-,27-/m0/s1. The average Bonchev–Trinajstić information content (AvgIpc) is 3.50. The molecule has 242 valence electrons. The number of thiophene rings is 1. The van der Waals surface area contributed by atoms with Gasteiger partial charge in [0, 0.05) is 45.3 Å². The molecule has 0 bridgehead atoms. The van der Waals surface area contributed by atoms with Gasteiger partial charge in [-0.25, -0.2) is 4.39 Å². The average molecular weight is 675 g/mol. The van der Waals surface area contributed by atoms with Gasteiger partial charge in [-0.3, -0.25) is 23.9 Å². The van der Waals surface area contributed by atoms with Crippen molar-refractivity contribution >= 4 is 46.2 Å². The van der Waals surface area contributed by atoms with Crippen molar-refractivity contribution in [1.29, 1.82) is 0 Å². The Hall–Kier alpha value is -4.68. The van der Waals surface area contributed by atoms with Crippen LogP contribution in [0.25, 0.3) is 5.00 Å². The van der Waals surface area contributed by atoms with Crippen LogP contribution in [0.15, 0.2) is 59.6 Å². The third kappa shape index (κ3) is 6.61. The fourth-order valence-corrected chi connectivity index (χ4v) is 7.10. The van der Waals surface area contributed by atoms with Crippen LogP contribution in [0.5, 0.6) is 5.75 Å². The number of aromatic nitrogens is 3. The van der Waals surface area contributed by atoms with E-state index in [0.717, 1.165) is 50.5 Å². The van der Waals surface area contributed by atoms with E-state index in [1.165, 1.54) is 19.2 Å². The Morgan fingerprint density at radius 2 is 1.77 bits per heavy atom. The molecule has 0 radical (unpaired) electrons. The lowest BCUT2D eigenvalue weighted by atomic mass is 9.86. The van der Waals surface area contributed by atoms with Gasteiger partial charge in [0.05, 0.1) is 24.8 Å². The summed E-state index contributed by atoms with van der Waals surface area (Å²) in [6, 6.07) is 10.5. The van der Waals surface area contributed by atoms with Crippen LogP contribution in [0, 0.1) is 26.6 Å². The Labute approximate surface area is 279 Å². The molecule has 1 aliphatic carbocycles. The number of aliphatic imine (C=N–C) groups is 1. The summed E-state index contributed by atoms with van der Waals surface area (Å²) in [6.07, 6.45) is 3.23. The van der Waals surface area contributed by atoms with Gasteiger partial charge in [-0.1, -0.05) is 23.7 Å². The van der Waals surface area contributed by atoms with E-state index in [1.54, 1.807) is 11.3 Å². The van der Waals surface area contributed by atoms with Crippen molar-refractivity contribution in [2.75, 3.05) is 7.11 Å². The minimum absolute atomic E-state index is 0.0580. The van der Waals surface area contributed by atoms with E-state index in [4.69, 9.17) is 21.3 Å². The molecule has 1 saturated carbocycles. The van der Waals surface area contributed by atoms with Crippen molar-refractivity contribution in [2.45, 2.75) is 58.2 Å². The maximum absolute atomic E-state index is 14.2. The van der Waals surface area contributed by atoms with Crippen LogP contribution >= 0.6 is 22.9 Å². The number of allylic oxidation sites excluding steroid dienone is 1. The molecule has 1 fully saturated rings. The zero-order chi connectivity index (χ0) is 33.4. The van der Waals surface area contributed by atoms with Crippen LogP contribution in [-0.4, -0.2) is 57.3 Å². The minimum Gasteiger partial charge on any atom is -0.497 e. The van der Waals surface area contributed by atoms with Crippen molar-refractivity contribution in [2.24, 2.45) is 4.99 Å². The summed E-state index contributed by atoms with van der Waals surface area (Å²) >= 11 is 7.84. The van der Waals surface area contributed by atoms with Crippen LogP contribution < -0.4 is 15.4 Å². The van der Waals surface area contributed by atoms with Crippen molar-refractivity contribution in [3.8, 4) is 10.8 Å². The number of hydrogen-bond acceptors (Lipinski definition) is 8. The number of halogens is 2. The first-order valence-electron chi connectivity index (χ1n) is 15.0. The number of fused-ring (bicyclic) bond motifs is 3. The van der Waals surface area contributed by atoms with Crippen molar-refractivity contribution < 1.29 is 23.5 Å². The Morgan fingerprint density at radius 3 is 2.47 bits per heavy atom. The number of hydrogen-bond donors (Lipinski definition) is 2. The Kier molecular flexibility index (Phi) is 9.07. The van der Waals surface area contributed by atoms with Gasteiger partial charge in [0.15, 0.2) is 11.6 Å². The maximum atomic E-state index is 14.2. The fourth-order valence-electron chi connectivity index (χ4n) is 5.76. The molecule has 0 saturated heterocycles. The van der Waals surface area contributed by atoms with Gasteiger partial charge in [0.1, 0.15) is 28.4 Å². The molecule has 2 aliphatic rings. The molecule has 1 atom stereocenters. The van der Waals surface area contributed by atoms with E-state index in [1.807, 2.05) is 35.8 Å². The topological polar surface area (TPSA) is 128 Å². The molecule has 0 spiro atoms. The lowest BCUT2D eigenvalue weighted by molar-refractivity contribution is -0.123. The number of methoxy groups -OCH3 is 1. The molecule has 10 nitrogen and oxygen atoms in total. The number of benzene rings is 2. The third-order valence-corrected chi connectivity index (χ3v) is 9.86. The highest BCUT2D eigenvalue weighted by Gasteiger charge is 2.35. The van der Waals surface area contributed by atoms with Gasteiger partial charge in [0.25, 0.3) is 0 Å². The number of ketones is 1. The number of amides is 2. The lowest BCUT2D eigenvalue weighted by Gasteiger charge is -2.36. The van der Waals surface area contributed by atoms with E-state index >= 15 is 0 Å². The third-order valence-electron chi connectivity index (χ3n) is 8.41. The van der Waals surface area contributed by atoms with Gasteiger partial charge in [-0.15, -0.1) is 21.5 Å². The van der Waals surface area contributed by atoms with Crippen molar-refractivity contribution in [3.05, 3.63) is 104 Å². The molecule has 4 aromatic rings. The molecule has 47 heavy (non-hydrogen) atoms. The van der Waals surface area contributed by atoms with Crippen LogP contribution in [0.4, 0.5) is 4.39 Å². The number of rotatable bonds is 9. The maximum Gasteiger partial charge on any atom is 0.244 e. The van der Waals surface area contributed by atoms with E-state index in [-0.39, 0.29) is 35.7 Å². The van der Waals surface area contributed by atoms with Crippen molar-refractivity contribution in [1.82, 2.24) is 25.4 Å².